The van der Waals surface area contributed by atoms with Crippen molar-refractivity contribution in [1.82, 2.24) is 14.9 Å². The van der Waals surface area contributed by atoms with Gasteiger partial charge in [0.15, 0.2) is 5.75 Å². The summed E-state index contributed by atoms with van der Waals surface area (Å²) in [5.41, 5.74) is 11.5. The Labute approximate surface area is 205 Å². The van der Waals surface area contributed by atoms with E-state index in [-0.39, 0.29) is 23.4 Å². The van der Waals surface area contributed by atoms with Crippen LogP contribution in [0.4, 0.5) is 5.69 Å². The highest BCUT2D eigenvalue weighted by Gasteiger charge is 2.29. The van der Waals surface area contributed by atoms with Gasteiger partial charge in [0.25, 0.3) is 11.8 Å². The highest BCUT2D eigenvalue weighted by molar-refractivity contribution is 7.98. The van der Waals surface area contributed by atoms with E-state index in [0.717, 1.165) is 12.8 Å². The van der Waals surface area contributed by atoms with Crippen molar-refractivity contribution < 1.29 is 18.8 Å². The van der Waals surface area contributed by atoms with E-state index in [9.17, 15) is 9.59 Å². The molecule has 2 aliphatic carbocycles. The Hall–Kier alpha value is -3.71. The summed E-state index contributed by atoms with van der Waals surface area (Å²) in [6, 6.07) is 5.14. The van der Waals surface area contributed by atoms with Crippen LogP contribution in [0.25, 0.3) is 11.4 Å². The quantitative estimate of drug-likeness (QED) is 0.163. The summed E-state index contributed by atoms with van der Waals surface area (Å²) in [6.07, 6.45) is 5.19. The molecule has 0 radical (unpaired) electrons. The van der Waals surface area contributed by atoms with Gasteiger partial charge in [-0.25, -0.2) is 0 Å². The molecular formula is C22H26N8O4S. The molecule has 2 saturated carbocycles. The molecule has 2 aliphatic rings. The van der Waals surface area contributed by atoms with Crippen molar-refractivity contribution in [3.8, 4) is 17.1 Å². The molecule has 0 aliphatic heterocycles. The minimum absolute atomic E-state index is 0.0482. The molecule has 1 aromatic heterocycles. The molecule has 2 aromatic rings. The molecule has 0 spiro atoms. The molecule has 7 N–H and O–H groups in total. The Morgan fingerprint density at radius 1 is 1.31 bits per heavy atom. The van der Waals surface area contributed by atoms with Crippen molar-refractivity contribution in [2.75, 3.05) is 12.4 Å². The van der Waals surface area contributed by atoms with Crippen molar-refractivity contribution in [2.45, 2.75) is 37.5 Å². The summed E-state index contributed by atoms with van der Waals surface area (Å²) in [5, 5.41) is 15.7. The number of aliphatic imine (C=N–C) groups is 1. The van der Waals surface area contributed by atoms with E-state index >= 15 is 0 Å². The van der Waals surface area contributed by atoms with Crippen molar-refractivity contribution in [2.24, 2.45) is 22.4 Å². The zero-order valence-corrected chi connectivity index (χ0v) is 19.9. The number of rotatable bonds is 12. The van der Waals surface area contributed by atoms with Gasteiger partial charge in [-0.1, -0.05) is 23.2 Å². The van der Waals surface area contributed by atoms with Gasteiger partial charge in [-0.05, 0) is 37.8 Å². The number of anilines is 1. The number of aromatic nitrogens is 2. The number of carbonyl (C=O) groups excluding carboxylic acids is 2. The van der Waals surface area contributed by atoms with Gasteiger partial charge in [0.05, 0.1) is 30.6 Å². The summed E-state index contributed by atoms with van der Waals surface area (Å²) in [4.78, 5) is 31.9. The van der Waals surface area contributed by atoms with Crippen molar-refractivity contribution in [3.05, 3.63) is 35.9 Å². The summed E-state index contributed by atoms with van der Waals surface area (Å²) >= 11 is 1.66. The normalized spacial score (nSPS) is 16.1. The van der Waals surface area contributed by atoms with Crippen molar-refractivity contribution >= 4 is 41.0 Å². The lowest BCUT2D eigenvalue weighted by Crippen LogP contribution is -2.28. The molecule has 13 heteroatoms. The summed E-state index contributed by atoms with van der Waals surface area (Å²) < 4.78 is 14.1. The second-order valence-electron chi connectivity index (χ2n) is 8.11. The second kappa shape index (κ2) is 10.7. The van der Waals surface area contributed by atoms with Crippen LogP contribution in [0, 0.1) is 11.3 Å². The molecule has 0 unspecified atom stereocenters. The third-order valence-electron chi connectivity index (χ3n) is 5.17. The first-order valence-corrected chi connectivity index (χ1v) is 11.9. The third-order valence-corrected chi connectivity index (χ3v) is 6.28. The zero-order chi connectivity index (χ0) is 24.9. The van der Waals surface area contributed by atoms with E-state index in [1.807, 2.05) is 0 Å². The van der Waals surface area contributed by atoms with Gasteiger partial charge in [-0.2, -0.15) is 9.98 Å². The average molecular weight is 499 g/mol. The van der Waals surface area contributed by atoms with Crippen molar-refractivity contribution in [3.63, 3.8) is 0 Å². The highest BCUT2D eigenvalue weighted by atomic mass is 32.2. The molecule has 4 rings (SSSR count). The van der Waals surface area contributed by atoms with Crippen molar-refractivity contribution in [1.29, 1.82) is 5.41 Å². The first-order valence-electron chi connectivity index (χ1n) is 11.0. The van der Waals surface area contributed by atoms with Gasteiger partial charge in [-0.15, -0.1) is 0 Å². The molecule has 1 heterocycles. The standard InChI is InChI=1S/C22H26N8O4S/c1-33-19-13(21-29-17(34-30-21)10-26-35-12-7-8-12)3-2-4-14(19)27-15(18(24)20(25)31)9-16(23)28-22(32)11-5-6-11/h2-4,9,11-12,24,26-27H,5-8,10H2,1H3,(H2,25,31)(H2,23,28,32)/b15-9+,24-18?. The largest absolute Gasteiger partial charge is 0.494 e. The second-order valence-corrected chi connectivity index (χ2v) is 9.30. The van der Waals surface area contributed by atoms with Crippen LogP contribution < -0.4 is 26.2 Å². The van der Waals surface area contributed by atoms with Crippen LogP contribution in [0.2, 0.25) is 0 Å². The van der Waals surface area contributed by atoms with Crippen LogP contribution in [0.1, 0.15) is 31.6 Å². The third kappa shape index (κ3) is 6.45. The van der Waals surface area contributed by atoms with Gasteiger partial charge in [0.2, 0.25) is 11.7 Å². The molecule has 2 fully saturated rings. The van der Waals surface area contributed by atoms with E-state index in [2.05, 4.69) is 25.2 Å². The molecule has 35 heavy (non-hydrogen) atoms. The van der Waals surface area contributed by atoms with E-state index in [4.69, 9.17) is 26.1 Å². The summed E-state index contributed by atoms with van der Waals surface area (Å²) in [5.74, 6) is -0.508. The smallest absolute Gasteiger partial charge is 0.268 e. The number of nitrogens with two attached hydrogens (primary N) is 2. The Morgan fingerprint density at radius 3 is 2.74 bits per heavy atom. The molecule has 2 amide bonds. The topological polar surface area (TPSA) is 195 Å². The number of ether oxygens (including phenoxy) is 1. The van der Waals surface area contributed by atoms with Crippen LogP contribution >= 0.6 is 11.9 Å². The first kappa shape index (κ1) is 24.4. The first-order chi connectivity index (χ1) is 16.9. The lowest BCUT2D eigenvalue weighted by molar-refractivity contribution is -0.119. The number of para-hydroxylation sites is 1. The number of hydrogen-bond acceptors (Lipinski definition) is 10. The molecule has 12 nitrogen and oxygen atoms in total. The number of hydrogen-bond donors (Lipinski definition) is 5. The number of carbonyl (C=O) groups is 2. The Morgan fingerprint density at radius 2 is 2.09 bits per heavy atom. The molecule has 184 valence electrons. The minimum atomic E-state index is -0.987. The Balaban J connectivity index is 1.57. The predicted molar refractivity (Wildman–Crippen MR) is 132 cm³/mol. The van der Waals surface area contributed by atoms with Gasteiger partial charge in [0, 0.05) is 17.2 Å². The zero-order valence-electron chi connectivity index (χ0n) is 19.0. The predicted octanol–water partition coefficient (Wildman–Crippen LogP) is 1.74. The molecule has 1 aromatic carbocycles. The molecule has 0 bridgehead atoms. The molecule has 0 saturated heterocycles. The monoisotopic (exact) mass is 498 g/mol. The number of amidine groups is 1. The minimum Gasteiger partial charge on any atom is -0.494 e. The SMILES string of the molecule is COc1c(N/C(=C/C(N)=NC(=O)C2CC2)C(=N)C(N)=O)cccc1-c1noc(CNSC2CC2)n1. The van der Waals surface area contributed by atoms with E-state index in [1.165, 1.54) is 26.0 Å². The van der Waals surface area contributed by atoms with Crippen LogP contribution in [0.15, 0.2) is 39.5 Å². The van der Waals surface area contributed by atoms with E-state index in [1.54, 1.807) is 30.1 Å². The lowest BCUT2D eigenvalue weighted by atomic mass is 10.1. The number of amides is 2. The van der Waals surface area contributed by atoms with Crippen LogP contribution in [0.3, 0.4) is 0 Å². The summed E-state index contributed by atoms with van der Waals surface area (Å²) in [7, 11) is 1.46. The van der Waals surface area contributed by atoms with E-state index < -0.39 is 11.6 Å². The number of methoxy groups -OCH3 is 1. The number of nitrogens with one attached hydrogen (secondary N) is 3. The summed E-state index contributed by atoms with van der Waals surface area (Å²) in [6.45, 7) is 0.426. The van der Waals surface area contributed by atoms with Gasteiger partial charge in [-0.3, -0.25) is 19.7 Å². The van der Waals surface area contributed by atoms with Crippen LogP contribution in [-0.2, 0) is 16.1 Å². The average Bonchev–Trinajstić information content (AvgIpc) is 3.76. The fourth-order valence-corrected chi connectivity index (χ4v) is 3.87. The molecule has 0 atom stereocenters. The van der Waals surface area contributed by atoms with Gasteiger partial charge in [0.1, 0.15) is 11.5 Å². The Kier molecular flexibility index (Phi) is 7.46. The number of benzene rings is 1. The maximum absolute atomic E-state index is 12.0. The lowest BCUT2D eigenvalue weighted by Gasteiger charge is -2.15. The maximum atomic E-state index is 12.0. The fraction of sp³-hybridized carbons (Fsp3) is 0.364. The maximum Gasteiger partial charge on any atom is 0.268 e. The van der Waals surface area contributed by atoms with Crippen LogP contribution in [-0.4, -0.2) is 45.9 Å². The number of primary amides is 1. The van der Waals surface area contributed by atoms with Gasteiger partial charge >= 0.3 is 0 Å². The molecular weight excluding hydrogens is 472 g/mol. The number of nitrogens with zero attached hydrogens (tertiary/aromatic N) is 3. The van der Waals surface area contributed by atoms with Gasteiger partial charge < -0.3 is 26.0 Å². The fourth-order valence-electron chi connectivity index (χ4n) is 3.05. The highest BCUT2D eigenvalue weighted by Crippen LogP contribution is 2.36. The Bertz CT molecular complexity index is 1200. The van der Waals surface area contributed by atoms with Crippen LogP contribution in [0.5, 0.6) is 5.75 Å². The van der Waals surface area contributed by atoms with E-state index in [0.29, 0.717) is 40.5 Å².